The predicted molar refractivity (Wildman–Crippen MR) is 92.7 cm³/mol. The van der Waals surface area contributed by atoms with Gasteiger partial charge in [-0.2, -0.15) is 0 Å². The van der Waals surface area contributed by atoms with Gasteiger partial charge in [0, 0.05) is 25.6 Å². The lowest BCUT2D eigenvalue weighted by Crippen LogP contribution is -2.40. The smallest absolute Gasteiger partial charge is 0.303 e. The number of carboxylic acids is 1. The van der Waals surface area contributed by atoms with Crippen LogP contribution < -0.4 is 4.74 Å². The van der Waals surface area contributed by atoms with Crippen LogP contribution >= 0.6 is 0 Å². The summed E-state index contributed by atoms with van der Waals surface area (Å²) in [5.74, 6) is -0.964. The van der Waals surface area contributed by atoms with Crippen molar-refractivity contribution in [2.75, 3.05) is 13.1 Å². The number of nitrogens with zero attached hydrogens (tertiary/aromatic N) is 2. The maximum Gasteiger partial charge on any atom is 0.303 e. The fraction of sp³-hybridized carbons (Fsp3) is 0.421. The summed E-state index contributed by atoms with van der Waals surface area (Å²) in [4.78, 5) is 25.0. The first-order valence-corrected chi connectivity index (χ1v) is 8.87. The number of halogens is 1. The molecule has 1 aromatic heterocycles. The molecule has 7 nitrogen and oxygen atoms in total. The van der Waals surface area contributed by atoms with Crippen molar-refractivity contribution in [3.63, 3.8) is 0 Å². The molecule has 1 fully saturated rings. The summed E-state index contributed by atoms with van der Waals surface area (Å²) in [5, 5.41) is 12.6. The number of likely N-dealkylation sites (tertiary alicyclic amines) is 1. The van der Waals surface area contributed by atoms with Gasteiger partial charge in [-0.3, -0.25) is 9.59 Å². The molecule has 144 valence electrons. The highest BCUT2D eigenvalue weighted by molar-refractivity contribution is 5.92. The molecule has 0 radical (unpaired) electrons. The highest BCUT2D eigenvalue weighted by Gasteiger charge is 2.26. The van der Waals surface area contributed by atoms with Crippen LogP contribution in [0, 0.1) is 11.7 Å². The Morgan fingerprint density at radius 1 is 1.37 bits per heavy atom. The second-order valence-electron chi connectivity index (χ2n) is 6.59. The van der Waals surface area contributed by atoms with Crippen LogP contribution in [0.15, 0.2) is 34.9 Å². The minimum atomic E-state index is -0.825. The van der Waals surface area contributed by atoms with E-state index in [-0.39, 0.29) is 36.3 Å². The molecular weight excluding hydrogens is 355 g/mol. The van der Waals surface area contributed by atoms with Crippen molar-refractivity contribution in [3.8, 4) is 5.75 Å². The van der Waals surface area contributed by atoms with E-state index in [0.29, 0.717) is 25.3 Å². The highest BCUT2D eigenvalue weighted by atomic mass is 19.1. The molecule has 8 heteroatoms. The van der Waals surface area contributed by atoms with Crippen LogP contribution in [0.4, 0.5) is 4.39 Å². The Labute approximate surface area is 155 Å². The van der Waals surface area contributed by atoms with Gasteiger partial charge < -0.3 is 19.3 Å². The third-order valence-electron chi connectivity index (χ3n) is 4.56. The molecule has 1 aliphatic rings. The molecule has 1 atom stereocenters. The van der Waals surface area contributed by atoms with Crippen LogP contribution in [-0.2, 0) is 11.4 Å². The van der Waals surface area contributed by atoms with Gasteiger partial charge in [0.05, 0.1) is 0 Å². The van der Waals surface area contributed by atoms with Crippen molar-refractivity contribution in [2.24, 2.45) is 5.92 Å². The summed E-state index contributed by atoms with van der Waals surface area (Å²) in [6, 6.07) is 7.51. The standard InChI is InChI=1S/C19H21FN2O5/c20-15-5-1-2-6-17(15)26-12-14-10-16(21-27-14)19(25)22-9-3-4-13(11-22)7-8-18(23)24/h1-2,5-6,10,13H,3-4,7-9,11-12H2,(H,23,24). The molecule has 1 aromatic carbocycles. The van der Waals surface area contributed by atoms with Gasteiger partial charge in [-0.1, -0.05) is 17.3 Å². The average Bonchev–Trinajstić information content (AvgIpc) is 3.14. The van der Waals surface area contributed by atoms with E-state index in [1.54, 1.807) is 17.0 Å². The van der Waals surface area contributed by atoms with Gasteiger partial charge in [-0.15, -0.1) is 0 Å². The maximum absolute atomic E-state index is 13.5. The lowest BCUT2D eigenvalue weighted by molar-refractivity contribution is -0.137. The number of carbonyl (C=O) groups is 2. The second kappa shape index (κ2) is 8.66. The number of para-hydroxylation sites is 1. The SMILES string of the molecule is O=C(O)CCC1CCCN(C(=O)c2cc(COc3ccccc3F)on2)C1. The van der Waals surface area contributed by atoms with Crippen LogP contribution in [0.1, 0.15) is 41.9 Å². The minimum absolute atomic E-state index is 0.0392. The number of hydrogen-bond donors (Lipinski definition) is 1. The molecule has 0 aliphatic carbocycles. The summed E-state index contributed by atoms with van der Waals surface area (Å²) in [6.07, 6.45) is 2.41. The average molecular weight is 376 g/mol. The third-order valence-corrected chi connectivity index (χ3v) is 4.56. The van der Waals surface area contributed by atoms with Crippen molar-refractivity contribution in [1.82, 2.24) is 10.1 Å². The molecule has 0 bridgehead atoms. The zero-order valence-corrected chi connectivity index (χ0v) is 14.8. The number of carbonyl (C=O) groups excluding carboxylic acids is 1. The molecule has 1 N–H and O–H groups in total. The van der Waals surface area contributed by atoms with E-state index >= 15 is 0 Å². The van der Waals surface area contributed by atoms with Crippen LogP contribution in [0.5, 0.6) is 5.75 Å². The van der Waals surface area contributed by atoms with Gasteiger partial charge in [0.2, 0.25) is 0 Å². The molecule has 27 heavy (non-hydrogen) atoms. The van der Waals surface area contributed by atoms with Gasteiger partial charge >= 0.3 is 5.97 Å². The quantitative estimate of drug-likeness (QED) is 0.798. The number of carboxylic acid groups (broad SMARTS) is 1. The van der Waals surface area contributed by atoms with Crippen LogP contribution in [0.3, 0.4) is 0 Å². The van der Waals surface area contributed by atoms with E-state index in [4.69, 9.17) is 14.4 Å². The number of aliphatic carboxylic acids is 1. The Balaban J connectivity index is 1.56. The van der Waals surface area contributed by atoms with Crippen molar-refractivity contribution in [3.05, 3.63) is 47.6 Å². The summed E-state index contributed by atoms with van der Waals surface area (Å²) < 4.78 is 24.0. The Kier molecular flexibility index (Phi) is 6.05. The number of ether oxygens (including phenoxy) is 1. The summed E-state index contributed by atoms with van der Waals surface area (Å²) in [6.45, 7) is 1.08. The van der Waals surface area contributed by atoms with Gasteiger partial charge in [0.1, 0.15) is 6.61 Å². The van der Waals surface area contributed by atoms with Crippen molar-refractivity contribution >= 4 is 11.9 Å². The number of piperidine rings is 1. The van der Waals surface area contributed by atoms with E-state index in [1.807, 2.05) is 0 Å². The molecule has 1 unspecified atom stereocenters. The molecule has 0 saturated carbocycles. The van der Waals surface area contributed by atoms with Gasteiger partial charge in [-0.25, -0.2) is 4.39 Å². The Bertz CT molecular complexity index is 807. The molecule has 2 aromatic rings. The topological polar surface area (TPSA) is 92.9 Å². The molecule has 1 amide bonds. The van der Waals surface area contributed by atoms with Crippen LogP contribution in [-0.4, -0.2) is 40.1 Å². The molecular formula is C19H21FN2O5. The van der Waals surface area contributed by atoms with E-state index in [1.165, 1.54) is 18.2 Å². The number of hydrogen-bond acceptors (Lipinski definition) is 5. The molecule has 3 rings (SSSR count). The van der Waals surface area contributed by atoms with Crippen LogP contribution in [0.25, 0.3) is 0 Å². The van der Waals surface area contributed by atoms with E-state index in [0.717, 1.165) is 12.8 Å². The number of aromatic nitrogens is 1. The zero-order chi connectivity index (χ0) is 19.2. The van der Waals surface area contributed by atoms with Crippen LogP contribution in [0.2, 0.25) is 0 Å². The number of benzene rings is 1. The summed E-state index contributed by atoms with van der Waals surface area (Å²) in [5.41, 5.74) is 0.168. The van der Waals surface area contributed by atoms with Crippen molar-refractivity contribution < 1.29 is 28.3 Å². The number of rotatable bonds is 7. The monoisotopic (exact) mass is 376 g/mol. The van der Waals surface area contributed by atoms with Crippen molar-refractivity contribution in [2.45, 2.75) is 32.3 Å². The molecule has 2 heterocycles. The second-order valence-corrected chi connectivity index (χ2v) is 6.59. The summed E-state index contributed by atoms with van der Waals surface area (Å²) >= 11 is 0. The molecule has 1 saturated heterocycles. The fourth-order valence-corrected chi connectivity index (χ4v) is 3.17. The third kappa shape index (κ3) is 5.06. The van der Waals surface area contributed by atoms with E-state index in [9.17, 15) is 14.0 Å². The first-order chi connectivity index (χ1) is 13.0. The molecule has 0 spiro atoms. The normalized spacial score (nSPS) is 16.9. The van der Waals surface area contributed by atoms with Gasteiger partial charge in [0.25, 0.3) is 5.91 Å². The lowest BCUT2D eigenvalue weighted by atomic mass is 9.93. The Morgan fingerprint density at radius 2 is 2.19 bits per heavy atom. The highest BCUT2D eigenvalue weighted by Crippen LogP contribution is 2.23. The van der Waals surface area contributed by atoms with Crippen molar-refractivity contribution in [1.29, 1.82) is 0 Å². The first-order valence-electron chi connectivity index (χ1n) is 8.87. The summed E-state index contributed by atoms with van der Waals surface area (Å²) in [7, 11) is 0. The largest absolute Gasteiger partial charge is 0.482 e. The Morgan fingerprint density at radius 3 is 2.96 bits per heavy atom. The lowest BCUT2D eigenvalue weighted by Gasteiger charge is -2.32. The predicted octanol–water partition coefficient (Wildman–Crippen LogP) is 3.11. The van der Waals surface area contributed by atoms with E-state index < -0.39 is 11.8 Å². The number of amides is 1. The maximum atomic E-state index is 13.5. The van der Waals surface area contributed by atoms with Gasteiger partial charge in [-0.05, 0) is 37.3 Å². The van der Waals surface area contributed by atoms with Gasteiger partial charge in [0.15, 0.2) is 23.0 Å². The Hall–Kier alpha value is -2.90. The van der Waals surface area contributed by atoms with E-state index in [2.05, 4.69) is 5.16 Å². The zero-order valence-electron chi connectivity index (χ0n) is 14.8. The minimum Gasteiger partial charge on any atom is -0.482 e. The molecule has 1 aliphatic heterocycles. The fourth-order valence-electron chi connectivity index (χ4n) is 3.17. The first kappa shape index (κ1) is 18.9.